The molecule has 13 heteroatoms. The maximum atomic E-state index is 17.4. The highest BCUT2D eigenvalue weighted by molar-refractivity contribution is 7.23. The quantitative estimate of drug-likeness (QED) is 0.315. The molecule has 10 nitrogen and oxygen atoms in total. The van der Waals surface area contributed by atoms with Crippen LogP contribution in [0.1, 0.15) is 54.4 Å². The number of nitrogens with zero attached hydrogens (tertiary/aromatic N) is 6. The maximum Gasteiger partial charge on any atom is 0.319 e. The van der Waals surface area contributed by atoms with Crippen LogP contribution in [0.15, 0.2) is 6.20 Å². The normalized spacial score (nSPS) is 27.1. The monoisotopic (exact) mass is 644 g/mol. The molecule has 0 radical (unpaired) electrons. The number of rotatable bonds is 5. The molecule has 9 rings (SSSR count). The van der Waals surface area contributed by atoms with Gasteiger partial charge in [-0.1, -0.05) is 0 Å². The zero-order valence-corrected chi connectivity index (χ0v) is 26.4. The van der Waals surface area contributed by atoms with Crippen LogP contribution in [0.25, 0.3) is 32.2 Å². The van der Waals surface area contributed by atoms with E-state index in [9.17, 15) is 9.65 Å². The lowest BCUT2D eigenvalue weighted by molar-refractivity contribution is 0.107. The van der Waals surface area contributed by atoms with Crippen molar-refractivity contribution in [1.29, 1.82) is 5.26 Å². The average Bonchev–Trinajstić information content (AvgIpc) is 3.85. The lowest BCUT2D eigenvalue weighted by atomic mass is 9.93. The smallest absolute Gasteiger partial charge is 0.319 e. The van der Waals surface area contributed by atoms with E-state index in [1.54, 1.807) is 6.20 Å². The summed E-state index contributed by atoms with van der Waals surface area (Å²) in [5.41, 5.74) is 9.34. The highest BCUT2D eigenvalue weighted by atomic mass is 32.1. The van der Waals surface area contributed by atoms with Crippen LogP contribution in [0, 0.1) is 24.1 Å². The Labute approximate surface area is 268 Å². The first-order valence-corrected chi connectivity index (χ1v) is 16.9. The van der Waals surface area contributed by atoms with Crippen LogP contribution in [0.4, 0.5) is 19.6 Å². The molecular weight excluding hydrogens is 610 g/mol. The van der Waals surface area contributed by atoms with E-state index in [2.05, 4.69) is 21.2 Å². The number of thiophene rings is 1. The molecule has 2 bridgehead atoms. The van der Waals surface area contributed by atoms with Crippen LogP contribution in [0.3, 0.4) is 0 Å². The summed E-state index contributed by atoms with van der Waals surface area (Å²) in [5, 5.41) is 15.1. The number of anilines is 2. The topological polar surface area (TPSA) is 125 Å². The van der Waals surface area contributed by atoms with Crippen molar-refractivity contribution < 1.29 is 18.3 Å². The highest BCUT2D eigenvalue weighted by Crippen LogP contribution is 2.48. The molecule has 4 saturated heterocycles. The number of nitriles is 1. The van der Waals surface area contributed by atoms with Crippen molar-refractivity contribution in [1.82, 2.24) is 25.2 Å². The largest absolute Gasteiger partial charge is 0.461 e. The van der Waals surface area contributed by atoms with Crippen LogP contribution in [0.2, 0.25) is 0 Å². The molecule has 1 aromatic carbocycles. The number of fused-ring (bicyclic) bond motifs is 7. The van der Waals surface area contributed by atoms with E-state index in [0.29, 0.717) is 51.4 Å². The second kappa shape index (κ2) is 10.4. The molecule has 2 unspecified atom stereocenters. The molecule has 5 aliphatic rings. The second-order valence-electron chi connectivity index (χ2n) is 13.5. The van der Waals surface area contributed by atoms with Gasteiger partial charge in [-0.25, -0.2) is 8.78 Å². The van der Waals surface area contributed by atoms with Gasteiger partial charge in [0.25, 0.3) is 0 Å². The molecule has 0 aliphatic carbocycles. The number of benzene rings is 1. The van der Waals surface area contributed by atoms with Crippen LogP contribution in [-0.4, -0.2) is 76.4 Å². The predicted molar refractivity (Wildman–Crippen MR) is 171 cm³/mol. The summed E-state index contributed by atoms with van der Waals surface area (Å²) < 4.78 is 45.1. The number of piperazine rings is 1. The van der Waals surface area contributed by atoms with Crippen molar-refractivity contribution in [2.24, 2.45) is 0 Å². The Morgan fingerprint density at radius 2 is 2.02 bits per heavy atom. The van der Waals surface area contributed by atoms with Crippen LogP contribution in [-0.2, 0) is 18.0 Å². The van der Waals surface area contributed by atoms with Gasteiger partial charge in [-0.3, -0.25) is 9.88 Å². The summed E-state index contributed by atoms with van der Waals surface area (Å²) >= 11 is 1.31. The van der Waals surface area contributed by atoms with Crippen molar-refractivity contribution in [3.8, 4) is 23.3 Å². The summed E-state index contributed by atoms with van der Waals surface area (Å²) in [7, 11) is 0. The number of nitrogen functional groups attached to an aromatic ring is 1. The fourth-order valence-electron chi connectivity index (χ4n) is 8.80. The first-order valence-electron chi connectivity index (χ1n) is 16.1. The summed E-state index contributed by atoms with van der Waals surface area (Å²) in [4.78, 5) is 19.0. The molecule has 4 atom stereocenters. The van der Waals surface area contributed by atoms with E-state index in [0.717, 1.165) is 61.1 Å². The minimum absolute atomic E-state index is 0.0900. The molecule has 4 aromatic rings. The zero-order chi connectivity index (χ0) is 31.3. The first kappa shape index (κ1) is 28.5. The predicted octanol–water partition coefficient (Wildman–Crippen LogP) is 4.73. The number of alkyl halides is 1. The van der Waals surface area contributed by atoms with Crippen LogP contribution in [0.5, 0.6) is 6.01 Å². The Hall–Kier alpha value is -3.70. The van der Waals surface area contributed by atoms with Gasteiger partial charge in [-0.05, 0) is 55.8 Å². The summed E-state index contributed by atoms with van der Waals surface area (Å²) in [6, 6.07) is 2.73. The third-order valence-electron chi connectivity index (χ3n) is 10.9. The van der Waals surface area contributed by atoms with Gasteiger partial charge in [0.05, 0.1) is 35.4 Å². The van der Waals surface area contributed by atoms with Gasteiger partial charge in [0, 0.05) is 60.0 Å². The lowest BCUT2D eigenvalue weighted by Gasteiger charge is -2.37. The maximum absolute atomic E-state index is 17.4. The Kier molecular flexibility index (Phi) is 6.45. The number of pyridine rings is 1. The number of aromatic nitrogens is 3. The number of nitrogens with one attached hydrogen (secondary N) is 1. The van der Waals surface area contributed by atoms with Gasteiger partial charge in [0.1, 0.15) is 35.2 Å². The van der Waals surface area contributed by atoms with Crippen molar-refractivity contribution in [3.05, 3.63) is 34.3 Å². The van der Waals surface area contributed by atoms with Crippen LogP contribution >= 0.6 is 11.3 Å². The van der Waals surface area contributed by atoms with E-state index in [-0.39, 0.29) is 49.0 Å². The summed E-state index contributed by atoms with van der Waals surface area (Å²) in [6.45, 7) is 5.52. The Morgan fingerprint density at radius 1 is 1.22 bits per heavy atom. The lowest BCUT2D eigenvalue weighted by Crippen LogP contribution is -2.52. The highest BCUT2D eigenvalue weighted by Gasteiger charge is 2.49. The van der Waals surface area contributed by atoms with Crippen molar-refractivity contribution in [3.63, 3.8) is 0 Å². The number of nitrogens with two attached hydrogens (primary N) is 1. The third-order valence-corrected chi connectivity index (χ3v) is 12.0. The Bertz CT molecular complexity index is 1960. The average molecular weight is 645 g/mol. The molecule has 3 N–H and O–H groups in total. The van der Waals surface area contributed by atoms with Gasteiger partial charge in [0.2, 0.25) is 0 Å². The SMILES string of the molecule is Cc1cnc(-c2c3c(c4c(N5C6CCC5CNC6)nc(OC[C@@]56CCCN5C[C@H](F)C6)nc4c2F)COC3)c2c(C#N)c(N)sc12. The number of hydrogen-bond acceptors (Lipinski definition) is 11. The first-order chi connectivity index (χ1) is 22.4. The fourth-order valence-corrected chi connectivity index (χ4v) is 9.78. The van der Waals surface area contributed by atoms with E-state index in [1.807, 2.05) is 6.92 Å². The van der Waals surface area contributed by atoms with E-state index in [1.165, 1.54) is 11.3 Å². The zero-order valence-electron chi connectivity index (χ0n) is 25.5. The minimum atomic E-state index is -0.890. The van der Waals surface area contributed by atoms with Crippen LogP contribution < -0.4 is 20.7 Å². The van der Waals surface area contributed by atoms with Gasteiger partial charge >= 0.3 is 6.01 Å². The van der Waals surface area contributed by atoms with Gasteiger partial charge in [-0.2, -0.15) is 15.2 Å². The van der Waals surface area contributed by atoms with Gasteiger partial charge < -0.3 is 25.4 Å². The van der Waals surface area contributed by atoms with Gasteiger partial charge in [-0.15, -0.1) is 11.3 Å². The number of aryl methyl sites for hydroxylation is 1. The minimum Gasteiger partial charge on any atom is -0.461 e. The molecular formula is C33H34F2N8O2S. The Morgan fingerprint density at radius 3 is 2.83 bits per heavy atom. The number of halogens is 2. The third kappa shape index (κ3) is 4.03. The Balaban J connectivity index is 1.27. The van der Waals surface area contributed by atoms with Gasteiger partial charge in [0.15, 0.2) is 5.82 Å². The standard InChI is InChI=1S/C33H34F2N8O2S/c1-16-9-39-27(24-20(8-36)30(37)46-29(16)24)23-21-13-44-14-22(21)25-28(26(23)35)40-32(41-31(25)43-18-3-4-19(43)11-38-10-18)45-15-33-5-2-6-42(33)12-17(34)7-33/h9,17-19,38H,2-7,10-15,37H2,1H3/t17-,18?,19?,33+/m1/s1. The molecule has 0 saturated carbocycles. The summed E-state index contributed by atoms with van der Waals surface area (Å²) in [5.74, 6) is 0.114. The van der Waals surface area contributed by atoms with E-state index < -0.39 is 17.5 Å². The molecule has 238 valence electrons. The summed E-state index contributed by atoms with van der Waals surface area (Å²) in [6.07, 6.45) is 5.08. The molecule has 3 aromatic heterocycles. The molecule has 5 aliphatic heterocycles. The van der Waals surface area contributed by atoms with E-state index in [4.69, 9.17) is 30.2 Å². The molecule has 8 heterocycles. The fraction of sp³-hybridized carbons (Fsp3) is 0.515. The number of ether oxygens (including phenoxy) is 2. The molecule has 0 spiro atoms. The number of hydrogen-bond donors (Lipinski definition) is 2. The van der Waals surface area contributed by atoms with E-state index >= 15 is 4.39 Å². The molecule has 0 amide bonds. The van der Waals surface area contributed by atoms with Crippen molar-refractivity contribution in [2.75, 3.05) is 43.4 Å². The second-order valence-corrected chi connectivity index (χ2v) is 14.5. The van der Waals surface area contributed by atoms with Crippen molar-refractivity contribution >= 4 is 43.1 Å². The molecule has 4 fully saturated rings. The van der Waals surface area contributed by atoms with Crippen molar-refractivity contribution in [2.45, 2.75) is 76.0 Å². The molecule has 46 heavy (non-hydrogen) atoms.